The molecule has 0 spiro atoms. The van der Waals surface area contributed by atoms with Gasteiger partial charge in [0, 0.05) is 12.1 Å². The maximum absolute atomic E-state index is 5.43. The highest BCUT2D eigenvalue weighted by molar-refractivity contribution is 5.35. The van der Waals surface area contributed by atoms with Gasteiger partial charge in [-0.05, 0) is 18.7 Å². The largest absolute Gasteiger partial charge is 0.330 e. The second-order valence-corrected chi connectivity index (χ2v) is 3.31. The minimum absolute atomic E-state index is 0.507. The Bertz CT molecular complexity index is 460. The van der Waals surface area contributed by atoms with Crippen molar-refractivity contribution < 1.29 is 0 Å². The maximum atomic E-state index is 5.43. The maximum Gasteiger partial charge on any atom is 0.246 e. The number of rotatable bonds is 4. The molecular weight excluding hydrogens is 202 g/mol. The van der Waals surface area contributed by atoms with Gasteiger partial charge < -0.3 is 10.7 Å². The molecule has 0 unspecified atom stereocenters. The zero-order valence-corrected chi connectivity index (χ0v) is 8.80. The molecule has 0 atom stereocenters. The lowest BCUT2D eigenvalue weighted by Gasteiger charge is -1.90. The van der Waals surface area contributed by atoms with Crippen molar-refractivity contribution in [1.82, 2.24) is 9.97 Å². The van der Waals surface area contributed by atoms with E-state index in [2.05, 4.69) is 20.2 Å². The van der Waals surface area contributed by atoms with Gasteiger partial charge in [0.2, 0.25) is 5.95 Å². The lowest BCUT2D eigenvalue weighted by atomic mass is 10.3. The van der Waals surface area contributed by atoms with Crippen molar-refractivity contribution in [3.63, 3.8) is 0 Å². The lowest BCUT2D eigenvalue weighted by Crippen LogP contribution is -2.02. The number of H-pyrrole nitrogens is 1. The van der Waals surface area contributed by atoms with Crippen LogP contribution in [0.5, 0.6) is 0 Å². The monoisotopic (exact) mass is 215 g/mol. The standard InChI is InChI=1S/C11H13N5/c12-7-6-10-8-13-11(14-10)16-15-9-4-2-1-3-5-9/h1-5,8H,6-7,12H2,(H,13,14). The third-order valence-corrected chi connectivity index (χ3v) is 2.05. The van der Waals surface area contributed by atoms with Crippen molar-refractivity contribution in [2.75, 3.05) is 6.54 Å². The summed E-state index contributed by atoms with van der Waals surface area (Å²) in [6.45, 7) is 0.595. The number of nitrogens with two attached hydrogens (primary N) is 1. The van der Waals surface area contributed by atoms with E-state index in [1.165, 1.54) is 0 Å². The number of aromatic nitrogens is 2. The Morgan fingerprint density at radius 1 is 1.19 bits per heavy atom. The van der Waals surface area contributed by atoms with E-state index < -0.39 is 0 Å². The summed E-state index contributed by atoms with van der Waals surface area (Å²) in [7, 11) is 0. The first-order valence-electron chi connectivity index (χ1n) is 5.09. The molecule has 2 rings (SSSR count). The fourth-order valence-electron chi connectivity index (χ4n) is 1.28. The van der Waals surface area contributed by atoms with Crippen LogP contribution in [0.4, 0.5) is 11.6 Å². The molecule has 1 heterocycles. The summed E-state index contributed by atoms with van der Waals surface area (Å²) < 4.78 is 0. The molecule has 2 aromatic rings. The Hall–Kier alpha value is -2.01. The number of nitrogens with one attached hydrogen (secondary N) is 1. The van der Waals surface area contributed by atoms with Crippen LogP contribution in [0.15, 0.2) is 46.8 Å². The van der Waals surface area contributed by atoms with Gasteiger partial charge in [-0.3, -0.25) is 0 Å². The van der Waals surface area contributed by atoms with Crippen LogP contribution in [0.3, 0.4) is 0 Å². The van der Waals surface area contributed by atoms with Crippen LogP contribution in [0.1, 0.15) is 5.69 Å². The molecule has 82 valence electrons. The summed E-state index contributed by atoms with van der Waals surface area (Å²) >= 11 is 0. The van der Waals surface area contributed by atoms with E-state index in [9.17, 15) is 0 Å². The van der Waals surface area contributed by atoms with Gasteiger partial charge in [-0.1, -0.05) is 18.2 Å². The lowest BCUT2D eigenvalue weighted by molar-refractivity contribution is 0.933. The second kappa shape index (κ2) is 5.18. The SMILES string of the molecule is NCCc1cnc(N=Nc2ccccc2)[nH]1. The van der Waals surface area contributed by atoms with Gasteiger partial charge in [0.25, 0.3) is 0 Å². The first kappa shape index (κ1) is 10.5. The van der Waals surface area contributed by atoms with Gasteiger partial charge in [-0.25, -0.2) is 4.98 Å². The number of hydrogen-bond donors (Lipinski definition) is 2. The van der Waals surface area contributed by atoms with Crippen molar-refractivity contribution in [3.8, 4) is 0 Å². The molecule has 0 fully saturated rings. The molecule has 1 aromatic heterocycles. The van der Waals surface area contributed by atoms with Crippen LogP contribution in [-0.2, 0) is 6.42 Å². The van der Waals surface area contributed by atoms with Crippen LogP contribution in [0.25, 0.3) is 0 Å². The van der Waals surface area contributed by atoms with Gasteiger partial charge >= 0.3 is 0 Å². The van der Waals surface area contributed by atoms with Gasteiger partial charge in [-0.15, -0.1) is 10.2 Å². The highest BCUT2D eigenvalue weighted by Gasteiger charge is 1.97. The van der Waals surface area contributed by atoms with Gasteiger partial charge in [0.15, 0.2) is 0 Å². The Morgan fingerprint density at radius 3 is 2.75 bits per heavy atom. The molecule has 5 heteroatoms. The number of aromatic amines is 1. The molecule has 0 aliphatic carbocycles. The second-order valence-electron chi connectivity index (χ2n) is 3.31. The molecule has 0 saturated carbocycles. The molecule has 0 saturated heterocycles. The number of hydrogen-bond acceptors (Lipinski definition) is 4. The Balaban J connectivity index is 2.06. The van der Waals surface area contributed by atoms with Crippen LogP contribution >= 0.6 is 0 Å². The highest BCUT2D eigenvalue weighted by atomic mass is 15.2. The van der Waals surface area contributed by atoms with Crippen LogP contribution in [0.2, 0.25) is 0 Å². The van der Waals surface area contributed by atoms with E-state index in [1.807, 2.05) is 30.3 Å². The van der Waals surface area contributed by atoms with Gasteiger partial charge in [-0.2, -0.15) is 0 Å². The third kappa shape index (κ3) is 2.74. The van der Waals surface area contributed by atoms with Crippen LogP contribution in [-0.4, -0.2) is 16.5 Å². The quantitative estimate of drug-likeness (QED) is 0.767. The fourth-order valence-corrected chi connectivity index (χ4v) is 1.28. The minimum atomic E-state index is 0.507. The van der Waals surface area contributed by atoms with Crippen molar-refractivity contribution in [1.29, 1.82) is 0 Å². The summed E-state index contributed by atoms with van der Waals surface area (Å²) in [6, 6.07) is 9.53. The third-order valence-electron chi connectivity index (χ3n) is 2.05. The average molecular weight is 215 g/mol. The van der Waals surface area contributed by atoms with Crippen molar-refractivity contribution >= 4 is 11.6 Å². The van der Waals surface area contributed by atoms with Crippen molar-refractivity contribution in [2.24, 2.45) is 16.0 Å². The van der Waals surface area contributed by atoms with Gasteiger partial charge in [0.1, 0.15) is 0 Å². The van der Waals surface area contributed by atoms with E-state index in [0.717, 1.165) is 17.8 Å². The molecule has 0 amide bonds. The summed E-state index contributed by atoms with van der Waals surface area (Å²) in [5, 5.41) is 8.05. The zero-order chi connectivity index (χ0) is 11.2. The fraction of sp³-hybridized carbons (Fsp3) is 0.182. The van der Waals surface area contributed by atoms with E-state index in [0.29, 0.717) is 12.5 Å². The first-order chi connectivity index (χ1) is 7.88. The van der Waals surface area contributed by atoms with E-state index in [-0.39, 0.29) is 0 Å². The number of benzene rings is 1. The predicted molar refractivity (Wildman–Crippen MR) is 62.0 cm³/mol. The van der Waals surface area contributed by atoms with E-state index in [4.69, 9.17) is 5.73 Å². The Labute approximate surface area is 93.4 Å². The van der Waals surface area contributed by atoms with Crippen LogP contribution in [0, 0.1) is 0 Å². The number of nitrogens with zero attached hydrogens (tertiary/aromatic N) is 3. The molecule has 5 nitrogen and oxygen atoms in total. The summed E-state index contributed by atoms with van der Waals surface area (Å²) in [5.74, 6) is 0.507. The van der Waals surface area contributed by atoms with Gasteiger partial charge in [0.05, 0.1) is 11.9 Å². The molecule has 0 aliphatic rings. The van der Waals surface area contributed by atoms with Crippen molar-refractivity contribution in [3.05, 3.63) is 42.2 Å². The molecule has 0 bridgehead atoms. The molecule has 1 aromatic carbocycles. The molecular formula is C11H13N5. The normalized spacial score (nSPS) is 11.1. The summed E-state index contributed by atoms with van der Waals surface area (Å²) in [5.41, 5.74) is 7.21. The molecule has 3 N–H and O–H groups in total. The smallest absolute Gasteiger partial charge is 0.246 e. The minimum Gasteiger partial charge on any atom is -0.330 e. The topological polar surface area (TPSA) is 79.4 Å². The Morgan fingerprint density at radius 2 is 2.00 bits per heavy atom. The van der Waals surface area contributed by atoms with E-state index >= 15 is 0 Å². The summed E-state index contributed by atoms with van der Waals surface area (Å²) in [4.78, 5) is 7.11. The molecule has 0 aliphatic heterocycles. The summed E-state index contributed by atoms with van der Waals surface area (Å²) in [6.07, 6.45) is 2.50. The highest BCUT2D eigenvalue weighted by Crippen LogP contribution is 2.14. The average Bonchev–Trinajstić information content (AvgIpc) is 2.76. The number of imidazole rings is 1. The van der Waals surface area contributed by atoms with E-state index in [1.54, 1.807) is 6.20 Å². The van der Waals surface area contributed by atoms with Crippen molar-refractivity contribution in [2.45, 2.75) is 6.42 Å². The number of azo groups is 1. The first-order valence-corrected chi connectivity index (χ1v) is 5.09. The molecule has 0 radical (unpaired) electrons. The molecule has 16 heavy (non-hydrogen) atoms. The zero-order valence-electron chi connectivity index (χ0n) is 8.80. The Kier molecular flexibility index (Phi) is 3.40. The van der Waals surface area contributed by atoms with Crippen LogP contribution < -0.4 is 5.73 Å². The predicted octanol–water partition coefficient (Wildman–Crippen LogP) is 2.33.